The Hall–Kier alpha value is -2.49. The summed E-state index contributed by atoms with van der Waals surface area (Å²) >= 11 is 0. The minimum atomic E-state index is -1.13. The molecule has 0 radical (unpaired) electrons. The smallest absolute Gasteiger partial charge is 0.338 e. The second-order valence-corrected chi connectivity index (χ2v) is 4.53. The maximum atomic E-state index is 10.2. The largest absolute Gasteiger partial charge is 2.00 e. The monoisotopic (exact) mass is 700 g/mol. The van der Waals surface area contributed by atoms with E-state index in [1.165, 1.54) is 0 Å². The average molecular weight is 700 g/mol. The quantitative estimate of drug-likeness (QED) is 0.101. The van der Waals surface area contributed by atoms with Crippen LogP contribution >= 0.6 is 0 Å². The number of carbonyl (C=O) groups excluding carboxylic acids is 4. The normalized spacial score (nSPS) is 7.66. The van der Waals surface area contributed by atoms with Gasteiger partial charge in [-0.05, 0) is 27.2 Å². The van der Waals surface area contributed by atoms with Crippen LogP contribution < -0.4 is 42.6 Å². The van der Waals surface area contributed by atoms with Gasteiger partial charge in [-0.3, -0.25) is 21.3 Å². The summed E-state index contributed by atoms with van der Waals surface area (Å²) in [5.74, 6) is -5.07. The molecule has 0 amide bonds. The van der Waals surface area contributed by atoms with Crippen molar-refractivity contribution < 1.29 is 108 Å². The van der Waals surface area contributed by atoms with Gasteiger partial charge < -0.3 is 66.9 Å². The fourth-order valence-corrected chi connectivity index (χ4v) is 0.699. The Balaban J connectivity index is -0.0000000322. The minimum absolute atomic E-state index is 0. The van der Waals surface area contributed by atoms with Crippen LogP contribution in [0.4, 0.5) is 0 Å². The second-order valence-electron chi connectivity index (χ2n) is 4.53. The molecular formula is C14H30N4O13U-6. The van der Waals surface area contributed by atoms with Crippen LogP contribution in [0.25, 0.3) is 0 Å². The van der Waals surface area contributed by atoms with E-state index in [-0.39, 0.29) is 53.5 Å². The van der Waals surface area contributed by atoms with Gasteiger partial charge in [-0.15, -0.1) is 0 Å². The van der Waals surface area contributed by atoms with E-state index in [0.717, 1.165) is 27.7 Å². The van der Waals surface area contributed by atoms with Crippen molar-refractivity contribution in [3.05, 3.63) is 0 Å². The molecule has 1 atom stereocenters. The van der Waals surface area contributed by atoms with Gasteiger partial charge in [0.2, 0.25) is 0 Å². The molecule has 11 N–H and O–H groups in total. The molecule has 194 valence electrons. The summed E-state index contributed by atoms with van der Waals surface area (Å²) in [4.78, 5) is 48.5. The standard InChI is InChI=1S/C6H14N4O2.4C2H4O2.H2O.2O.U/c7-4(5(11)12)2-1-3-10-6(8)9;4*1-2(3)4;;;;/h4H,1-3,7H2,(H,11,12)(H4,8,9,10);4*1H3,(H,3,4);1H2;;;/q;;;;;;2*-2;/p-2/t4-;;;;;;;;/m0......../s1. The molecule has 0 fully saturated rings. The van der Waals surface area contributed by atoms with Crippen molar-refractivity contribution in [3.8, 4) is 0 Å². The fourth-order valence-electron chi connectivity index (χ4n) is 0.699. The van der Waals surface area contributed by atoms with E-state index in [1.807, 2.05) is 0 Å². The van der Waals surface area contributed by atoms with Gasteiger partial charge in [0, 0.05) is 62.4 Å². The van der Waals surface area contributed by atoms with Crippen molar-refractivity contribution >= 4 is 35.8 Å². The van der Waals surface area contributed by atoms with Crippen LogP contribution in [-0.4, -0.2) is 59.0 Å². The molecule has 17 nitrogen and oxygen atoms in total. The third-order valence-electron chi connectivity index (χ3n) is 1.39. The van der Waals surface area contributed by atoms with Crippen LogP contribution in [-0.2, 0) is 34.9 Å². The fraction of sp³-hybridized carbons (Fsp3) is 0.571. The summed E-state index contributed by atoms with van der Waals surface area (Å²) in [6.45, 7) is 4.56. The van der Waals surface area contributed by atoms with Gasteiger partial charge in [-0.1, -0.05) is 0 Å². The zero-order valence-electron chi connectivity index (χ0n) is 18.0. The number of hydrogen-bond donors (Lipinski definition) is 5. The number of rotatable bonds is 5. The number of carboxylic acid groups (broad SMARTS) is 5. The van der Waals surface area contributed by atoms with Gasteiger partial charge >= 0.3 is 5.96 Å². The molecule has 18 heteroatoms. The van der Waals surface area contributed by atoms with Crippen LogP contribution in [0, 0.1) is 31.1 Å². The molecule has 32 heavy (non-hydrogen) atoms. The summed E-state index contributed by atoms with van der Waals surface area (Å²) in [6, 6.07) is -0.661. The zero-order chi connectivity index (χ0) is 23.9. The van der Waals surface area contributed by atoms with Crippen LogP contribution in [0.3, 0.4) is 0 Å². The molecule has 0 aliphatic carbocycles. The van der Waals surface area contributed by atoms with Gasteiger partial charge in [0.25, 0.3) is 5.97 Å². The summed E-state index contributed by atoms with van der Waals surface area (Å²) in [5.41, 5.74) is 13.6. The first kappa shape index (κ1) is 57.0. The van der Waals surface area contributed by atoms with E-state index >= 15 is 0 Å². The van der Waals surface area contributed by atoms with Crippen LogP contribution in [0.2, 0.25) is 0 Å². The predicted octanol–water partition coefficient (Wildman–Crippen LogP) is -10.2. The topological polar surface area (TPSA) is 380 Å². The number of nitrogens with one attached hydrogen (secondary N) is 1. The summed E-state index contributed by atoms with van der Waals surface area (Å²) in [6.07, 6.45) is 1.11. The van der Waals surface area contributed by atoms with E-state index in [4.69, 9.17) is 51.1 Å². The summed E-state index contributed by atoms with van der Waals surface area (Å²) < 4.78 is 0. The molecule has 0 saturated carbocycles. The number of carbonyl (C=O) groups is 5. The first-order valence-electron chi connectivity index (χ1n) is 7.35. The predicted molar refractivity (Wildman–Crippen MR) is 90.5 cm³/mol. The van der Waals surface area contributed by atoms with E-state index in [1.54, 1.807) is 0 Å². The molecule has 0 bridgehead atoms. The SMILES string of the molecule is CC(=O)O.CC(=O)[O-].CC(=O)[O-].CC(=O)[O-].NC(N)=[NH+]CCC[C@H]([NH3+])C(=O)[O-].O.[O-2].[O-2].[U]. The van der Waals surface area contributed by atoms with Gasteiger partial charge in [-0.25, -0.2) is 0 Å². The summed E-state index contributed by atoms with van der Waals surface area (Å²) in [5, 5.41) is 44.3. The van der Waals surface area contributed by atoms with Crippen molar-refractivity contribution in [3.63, 3.8) is 0 Å². The van der Waals surface area contributed by atoms with E-state index in [0.29, 0.717) is 19.4 Å². The molecule has 0 aromatic carbocycles. The van der Waals surface area contributed by atoms with Gasteiger partial charge in [0.15, 0.2) is 0 Å². The molecule has 0 spiro atoms. The molecule has 0 unspecified atom stereocenters. The average Bonchev–Trinajstić information content (AvgIpc) is 2.40. The second kappa shape index (κ2) is 42.6. The molecule has 0 heterocycles. The Morgan fingerprint density at radius 1 is 0.875 bits per heavy atom. The Morgan fingerprint density at radius 3 is 1.25 bits per heavy atom. The van der Waals surface area contributed by atoms with Crippen molar-refractivity contribution in [1.82, 2.24) is 0 Å². The summed E-state index contributed by atoms with van der Waals surface area (Å²) in [7, 11) is 0. The maximum absolute atomic E-state index is 10.2. The van der Waals surface area contributed by atoms with E-state index in [2.05, 4.69) is 10.7 Å². The van der Waals surface area contributed by atoms with Gasteiger partial charge in [0.05, 0.1) is 12.5 Å². The van der Waals surface area contributed by atoms with Gasteiger partial charge in [0.1, 0.15) is 6.04 Å². The maximum Gasteiger partial charge on any atom is 0.338 e. The van der Waals surface area contributed by atoms with Crippen molar-refractivity contribution in [2.24, 2.45) is 11.5 Å². The van der Waals surface area contributed by atoms with Crippen LogP contribution in [0.1, 0.15) is 40.5 Å². The number of nitrogens with two attached hydrogens (primary N) is 2. The minimum Gasteiger partial charge on any atom is -2.00 e. The van der Waals surface area contributed by atoms with Crippen molar-refractivity contribution in [1.29, 1.82) is 0 Å². The number of quaternary nitrogens is 1. The number of hydrogen-bond acceptors (Lipinski definition) is 9. The first-order valence-corrected chi connectivity index (χ1v) is 7.35. The number of aliphatic carboxylic acids is 5. The Labute approximate surface area is 208 Å². The Morgan fingerprint density at radius 2 is 1.09 bits per heavy atom. The zero-order valence-corrected chi connectivity index (χ0v) is 22.2. The van der Waals surface area contributed by atoms with Crippen molar-refractivity contribution in [2.75, 3.05) is 6.54 Å². The molecule has 0 aliphatic rings. The first-order chi connectivity index (χ1) is 12.5. The molecular weight excluding hydrogens is 670 g/mol. The number of carboxylic acids is 5. The third-order valence-corrected chi connectivity index (χ3v) is 1.39. The molecule has 0 rings (SSSR count). The van der Waals surface area contributed by atoms with Crippen LogP contribution in [0.5, 0.6) is 0 Å². The van der Waals surface area contributed by atoms with Crippen LogP contribution in [0.15, 0.2) is 0 Å². The molecule has 0 aromatic heterocycles. The Bertz CT molecular complexity index is 437. The van der Waals surface area contributed by atoms with Crippen molar-refractivity contribution in [2.45, 2.75) is 46.6 Å². The van der Waals surface area contributed by atoms with E-state index < -0.39 is 35.9 Å². The Kier molecular flexibility index (Phi) is 75.9. The number of guanidine groups is 1. The van der Waals surface area contributed by atoms with Gasteiger partial charge in [-0.2, -0.15) is 0 Å². The molecule has 0 saturated heterocycles. The molecule has 0 aromatic rings. The third kappa shape index (κ3) is 267. The van der Waals surface area contributed by atoms with E-state index in [9.17, 15) is 9.90 Å². The molecule has 0 aliphatic heterocycles.